The average Bonchev–Trinajstić information content (AvgIpc) is 3.30. The SMILES string of the molecule is CCOC(=O)c1ccc(NC(=O)[C@@H]2C[C@H]([C@H](C)O)N[C@]23C(=O)Nc2c(C)cc(C)cc23)cc1. The van der Waals surface area contributed by atoms with Gasteiger partial charge in [-0.3, -0.25) is 14.9 Å². The second-order valence-electron chi connectivity index (χ2n) is 8.83. The second kappa shape index (κ2) is 8.61. The number of nitrogens with one attached hydrogen (secondary N) is 3. The van der Waals surface area contributed by atoms with Crippen LogP contribution in [0.4, 0.5) is 11.4 Å². The molecule has 4 N–H and O–H groups in total. The number of amides is 2. The molecule has 2 amide bonds. The molecule has 2 aromatic carbocycles. The molecule has 2 heterocycles. The van der Waals surface area contributed by atoms with E-state index < -0.39 is 29.6 Å². The van der Waals surface area contributed by atoms with E-state index in [0.29, 0.717) is 23.4 Å². The minimum absolute atomic E-state index is 0.279. The van der Waals surface area contributed by atoms with Crippen LogP contribution in [0.3, 0.4) is 0 Å². The van der Waals surface area contributed by atoms with E-state index in [1.807, 2.05) is 26.0 Å². The first-order valence-electron chi connectivity index (χ1n) is 11.1. The van der Waals surface area contributed by atoms with Crippen LogP contribution < -0.4 is 16.0 Å². The summed E-state index contributed by atoms with van der Waals surface area (Å²) >= 11 is 0. The van der Waals surface area contributed by atoms with Gasteiger partial charge in [-0.05, 0) is 63.9 Å². The first kappa shape index (κ1) is 22.9. The maximum Gasteiger partial charge on any atom is 0.338 e. The van der Waals surface area contributed by atoms with Crippen LogP contribution in [0.25, 0.3) is 0 Å². The van der Waals surface area contributed by atoms with Crippen molar-refractivity contribution in [3.05, 3.63) is 58.7 Å². The van der Waals surface area contributed by atoms with Gasteiger partial charge in [0.2, 0.25) is 11.8 Å². The molecule has 174 valence electrons. The number of fused-ring (bicyclic) bond motifs is 2. The highest BCUT2D eigenvalue weighted by Crippen LogP contribution is 2.49. The zero-order valence-corrected chi connectivity index (χ0v) is 19.2. The molecule has 4 atom stereocenters. The summed E-state index contributed by atoms with van der Waals surface area (Å²) < 4.78 is 4.99. The predicted octanol–water partition coefficient (Wildman–Crippen LogP) is 2.63. The number of benzene rings is 2. The molecule has 2 aliphatic rings. The zero-order chi connectivity index (χ0) is 23.9. The van der Waals surface area contributed by atoms with E-state index in [2.05, 4.69) is 16.0 Å². The minimum atomic E-state index is -1.28. The number of carbonyl (C=O) groups excluding carboxylic acids is 3. The number of esters is 1. The molecule has 0 aliphatic carbocycles. The minimum Gasteiger partial charge on any atom is -0.462 e. The Hall–Kier alpha value is -3.23. The van der Waals surface area contributed by atoms with Crippen molar-refractivity contribution in [2.24, 2.45) is 5.92 Å². The first-order valence-corrected chi connectivity index (χ1v) is 11.1. The summed E-state index contributed by atoms with van der Waals surface area (Å²) in [5.41, 5.74) is 2.96. The van der Waals surface area contributed by atoms with E-state index in [-0.39, 0.29) is 18.4 Å². The van der Waals surface area contributed by atoms with Crippen molar-refractivity contribution in [2.75, 3.05) is 17.2 Å². The van der Waals surface area contributed by atoms with Crippen LogP contribution in [-0.4, -0.2) is 41.6 Å². The smallest absolute Gasteiger partial charge is 0.338 e. The Kier molecular flexibility index (Phi) is 5.99. The van der Waals surface area contributed by atoms with Crippen LogP contribution in [0, 0.1) is 19.8 Å². The van der Waals surface area contributed by atoms with Gasteiger partial charge in [0.1, 0.15) is 5.54 Å². The number of rotatable bonds is 5. The van der Waals surface area contributed by atoms with E-state index in [1.54, 1.807) is 38.1 Å². The zero-order valence-electron chi connectivity index (χ0n) is 19.2. The van der Waals surface area contributed by atoms with Gasteiger partial charge in [0.15, 0.2) is 0 Å². The lowest BCUT2D eigenvalue weighted by atomic mass is 9.78. The number of ether oxygens (including phenoxy) is 1. The normalized spacial score (nSPS) is 24.3. The molecule has 0 bridgehead atoms. The molecule has 1 fully saturated rings. The summed E-state index contributed by atoms with van der Waals surface area (Å²) in [6, 6.07) is 9.90. The monoisotopic (exact) mass is 451 g/mol. The Balaban J connectivity index is 1.67. The summed E-state index contributed by atoms with van der Waals surface area (Å²) in [5, 5.41) is 19.4. The molecular weight excluding hydrogens is 422 g/mol. The van der Waals surface area contributed by atoms with Crippen molar-refractivity contribution >= 4 is 29.2 Å². The highest BCUT2D eigenvalue weighted by molar-refractivity contribution is 6.11. The maximum atomic E-state index is 13.5. The van der Waals surface area contributed by atoms with Gasteiger partial charge in [0.25, 0.3) is 0 Å². The lowest BCUT2D eigenvalue weighted by molar-refractivity contribution is -0.130. The van der Waals surface area contributed by atoms with Crippen LogP contribution in [0.1, 0.15) is 47.3 Å². The quantitative estimate of drug-likeness (QED) is 0.520. The lowest BCUT2D eigenvalue weighted by Gasteiger charge is -2.30. The van der Waals surface area contributed by atoms with Gasteiger partial charge in [-0.15, -0.1) is 0 Å². The van der Waals surface area contributed by atoms with Crippen LogP contribution in [-0.2, 0) is 19.9 Å². The Morgan fingerprint density at radius 2 is 1.94 bits per heavy atom. The number of carbonyl (C=O) groups is 3. The third-order valence-electron chi connectivity index (χ3n) is 6.49. The van der Waals surface area contributed by atoms with Gasteiger partial charge in [-0.2, -0.15) is 0 Å². The van der Waals surface area contributed by atoms with E-state index in [9.17, 15) is 19.5 Å². The molecule has 0 aromatic heterocycles. The molecule has 0 radical (unpaired) electrons. The van der Waals surface area contributed by atoms with Crippen LogP contribution in [0.15, 0.2) is 36.4 Å². The van der Waals surface area contributed by atoms with Gasteiger partial charge in [-0.25, -0.2) is 4.79 Å². The van der Waals surface area contributed by atoms with E-state index in [0.717, 1.165) is 16.7 Å². The highest BCUT2D eigenvalue weighted by atomic mass is 16.5. The van der Waals surface area contributed by atoms with Crippen molar-refractivity contribution in [1.29, 1.82) is 0 Å². The van der Waals surface area contributed by atoms with Crippen molar-refractivity contribution in [3.8, 4) is 0 Å². The molecular formula is C25H29N3O5. The molecule has 2 aliphatic heterocycles. The number of aliphatic hydroxyl groups is 1. The summed E-state index contributed by atoms with van der Waals surface area (Å²) in [4.78, 5) is 38.7. The lowest BCUT2D eigenvalue weighted by Crippen LogP contribution is -2.53. The van der Waals surface area contributed by atoms with Gasteiger partial charge in [-0.1, -0.05) is 17.7 Å². The van der Waals surface area contributed by atoms with Gasteiger partial charge >= 0.3 is 5.97 Å². The van der Waals surface area contributed by atoms with Crippen molar-refractivity contribution in [2.45, 2.75) is 51.8 Å². The summed E-state index contributed by atoms with van der Waals surface area (Å²) in [5.74, 6) is -1.81. The third-order valence-corrected chi connectivity index (χ3v) is 6.49. The summed E-state index contributed by atoms with van der Waals surface area (Å²) in [7, 11) is 0. The Morgan fingerprint density at radius 1 is 1.24 bits per heavy atom. The van der Waals surface area contributed by atoms with Gasteiger partial charge in [0, 0.05) is 23.0 Å². The van der Waals surface area contributed by atoms with Crippen molar-refractivity contribution < 1.29 is 24.2 Å². The molecule has 33 heavy (non-hydrogen) atoms. The topological polar surface area (TPSA) is 117 Å². The Morgan fingerprint density at radius 3 is 2.58 bits per heavy atom. The number of aliphatic hydroxyl groups excluding tert-OH is 1. The standard InChI is InChI=1S/C25H29N3O5/c1-5-33-23(31)16-6-8-17(9-7-16)26-22(30)19-12-20(15(4)29)28-25(19)18-11-13(2)10-14(3)21(18)27-24(25)32/h6-11,15,19-20,28-29H,5,12H2,1-4H3,(H,26,30)(H,27,32)/t15-,19-,20+,25-/m0/s1. The average molecular weight is 452 g/mol. The molecule has 1 saturated heterocycles. The molecule has 8 nitrogen and oxygen atoms in total. The fraction of sp³-hybridized carbons (Fsp3) is 0.400. The first-order chi connectivity index (χ1) is 15.7. The van der Waals surface area contributed by atoms with Crippen molar-refractivity contribution in [3.63, 3.8) is 0 Å². The van der Waals surface area contributed by atoms with Crippen molar-refractivity contribution in [1.82, 2.24) is 5.32 Å². The fourth-order valence-electron chi connectivity index (χ4n) is 4.91. The molecule has 8 heteroatoms. The summed E-state index contributed by atoms with van der Waals surface area (Å²) in [6.45, 7) is 7.53. The van der Waals surface area contributed by atoms with E-state index in [4.69, 9.17) is 4.74 Å². The summed E-state index contributed by atoms with van der Waals surface area (Å²) in [6.07, 6.45) is -0.448. The van der Waals surface area contributed by atoms with Crippen LogP contribution in [0.5, 0.6) is 0 Å². The Bertz CT molecular complexity index is 1110. The molecule has 4 rings (SSSR count). The molecule has 1 spiro atoms. The number of aryl methyl sites for hydroxylation is 2. The number of hydrogen-bond acceptors (Lipinski definition) is 6. The maximum absolute atomic E-state index is 13.5. The van der Waals surface area contributed by atoms with Gasteiger partial charge < -0.3 is 20.5 Å². The van der Waals surface area contributed by atoms with Crippen LogP contribution >= 0.6 is 0 Å². The van der Waals surface area contributed by atoms with Crippen LogP contribution in [0.2, 0.25) is 0 Å². The van der Waals surface area contributed by atoms with E-state index in [1.165, 1.54) is 0 Å². The molecule has 2 aromatic rings. The third kappa shape index (κ3) is 3.89. The largest absolute Gasteiger partial charge is 0.462 e. The second-order valence-corrected chi connectivity index (χ2v) is 8.83. The highest BCUT2D eigenvalue weighted by Gasteiger charge is 2.61. The Labute approximate surface area is 192 Å². The fourth-order valence-corrected chi connectivity index (χ4v) is 4.91. The predicted molar refractivity (Wildman–Crippen MR) is 124 cm³/mol. The van der Waals surface area contributed by atoms with E-state index >= 15 is 0 Å². The molecule has 0 saturated carbocycles. The van der Waals surface area contributed by atoms with Gasteiger partial charge in [0.05, 0.1) is 24.2 Å². The molecule has 0 unspecified atom stereocenters. The number of anilines is 2. The number of hydrogen-bond donors (Lipinski definition) is 4.